The molecule has 1 heteroatoms. The summed E-state index contributed by atoms with van der Waals surface area (Å²) in [4.78, 5) is 2.46. The second-order valence-corrected chi connectivity index (χ2v) is 3.13. The highest BCUT2D eigenvalue weighted by Crippen LogP contribution is 2.18. The normalized spacial score (nSPS) is 30.0. The van der Waals surface area contributed by atoms with Crippen LogP contribution in [0.2, 0.25) is 0 Å². The molecule has 1 aliphatic rings. The molecule has 0 aliphatic carbocycles. The fourth-order valence-electron chi connectivity index (χ4n) is 1.54. The van der Waals surface area contributed by atoms with E-state index in [-0.39, 0.29) is 0 Å². The van der Waals surface area contributed by atoms with Gasteiger partial charge in [0.1, 0.15) is 0 Å². The lowest BCUT2D eigenvalue weighted by Gasteiger charge is -2.24. The Morgan fingerprint density at radius 2 is 2.22 bits per heavy atom. The van der Waals surface area contributed by atoms with Crippen molar-refractivity contribution in [3.8, 4) is 0 Å². The summed E-state index contributed by atoms with van der Waals surface area (Å²) in [6.45, 7) is 9.80. The van der Waals surface area contributed by atoms with Crippen LogP contribution in [0.25, 0.3) is 0 Å². The van der Waals surface area contributed by atoms with Gasteiger partial charge in [-0.15, -0.1) is 0 Å². The summed E-state index contributed by atoms with van der Waals surface area (Å²) in [6, 6.07) is 1.28. The molecule has 0 bridgehead atoms. The van der Waals surface area contributed by atoms with Gasteiger partial charge in [0.05, 0.1) is 0 Å². The first-order valence-electron chi connectivity index (χ1n) is 3.80. The van der Waals surface area contributed by atoms with Crippen LogP contribution in [0.5, 0.6) is 0 Å². The third-order valence-corrected chi connectivity index (χ3v) is 2.09. The van der Waals surface area contributed by atoms with Gasteiger partial charge in [-0.2, -0.15) is 0 Å². The van der Waals surface area contributed by atoms with Crippen molar-refractivity contribution < 1.29 is 0 Å². The number of hydrogen-bond acceptors (Lipinski definition) is 1. The van der Waals surface area contributed by atoms with E-state index in [0.29, 0.717) is 12.1 Å². The smallest absolute Gasteiger partial charge is 0.00990 e. The SMILES string of the molecule is [CH2][C@H]1CCCN1C(C)C. The van der Waals surface area contributed by atoms with Gasteiger partial charge in [0.25, 0.3) is 0 Å². The van der Waals surface area contributed by atoms with E-state index in [4.69, 9.17) is 0 Å². The Morgan fingerprint density at radius 1 is 1.56 bits per heavy atom. The summed E-state index contributed by atoms with van der Waals surface area (Å²) in [5.74, 6) is 0. The number of rotatable bonds is 1. The Morgan fingerprint density at radius 3 is 2.44 bits per heavy atom. The molecule has 1 nitrogen and oxygen atoms in total. The number of hydrogen-bond donors (Lipinski definition) is 0. The van der Waals surface area contributed by atoms with Crippen molar-refractivity contribution in [2.75, 3.05) is 6.54 Å². The van der Waals surface area contributed by atoms with E-state index in [2.05, 4.69) is 25.7 Å². The minimum atomic E-state index is 0.588. The highest BCUT2D eigenvalue weighted by molar-refractivity contribution is 4.82. The summed E-state index contributed by atoms with van der Waals surface area (Å²) in [5, 5.41) is 0. The molecule has 0 N–H and O–H groups in total. The first-order valence-corrected chi connectivity index (χ1v) is 3.80. The van der Waals surface area contributed by atoms with Gasteiger partial charge in [0.15, 0.2) is 0 Å². The molecule has 0 aromatic carbocycles. The molecule has 0 unspecified atom stereocenters. The highest BCUT2D eigenvalue weighted by Gasteiger charge is 2.21. The lowest BCUT2D eigenvalue weighted by Crippen LogP contribution is -2.33. The van der Waals surface area contributed by atoms with Crippen molar-refractivity contribution in [1.82, 2.24) is 4.90 Å². The van der Waals surface area contributed by atoms with Gasteiger partial charge in [-0.1, -0.05) is 0 Å². The molecule has 1 rings (SSSR count). The maximum Gasteiger partial charge on any atom is 0.00990 e. The van der Waals surface area contributed by atoms with E-state index in [1.54, 1.807) is 0 Å². The fraction of sp³-hybridized carbons (Fsp3) is 0.875. The summed E-state index contributed by atoms with van der Waals surface area (Å²) in [6.07, 6.45) is 2.63. The molecule has 0 aromatic rings. The van der Waals surface area contributed by atoms with Gasteiger partial charge in [0.2, 0.25) is 0 Å². The van der Waals surface area contributed by atoms with Crippen LogP contribution in [0.15, 0.2) is 0 Å². The van der Waals surface area contributed by atoms with Gasteiger partial charge < -0.3 is 0 Å². The second-order valence-electron chi connectivity index (χ2n) is 3.13. The summed E-state index contributed by atoms with van der Waals surface area (Å²) in [7, 11) is 0. The molecule has 1 saturated heterocycles. The zero-order valence-corrected chi connectivity index (χ0v) is 6.43. The van der Waals surface area contributed by atoms with E-state index in [1.165, 1.54) is 19.4 Å². The monoisotopic (exact) mass is 126 g/mol. The molecule has 53 valence electrons. The van der Waals surface area contributed by atoms with Gasteiger partial charge in [0, 0.05) is 12.1 Å². The second kappa shape index (κ2) is 2.70. The van der Waals surface area contributed by atoms with Gasteiger partial charge in [-0.25, -0.2) is 0 Å². The molecule has 0 saturated carbocycles. The molecule has 0 spiro atoms. The molecule has 1 fully saturated rings. The highest BCUT2D eigenvalue weighted by atomic mass is 15.2. The van der Waals surface area contributed by atoms with Crippen molar-refractivity contribution in [2.24, 2.45) is 0 Å². The standard InChI is InChI=1S/C8H16N/c1-7(2)9-6-4-5-8(9)3/h7-8H,3-6H2,1-2H3/t8-/m0/s1. The molecule has 0 aromatic heterocycles. The van der Waals surface area contributed by atoms with Crippen molar-refractivity contribution in [3.05, 3.63) is 6.92 Å². The lowest BCUT2D eigenvalue weighted by atomic mass is 10.2. The summed E-state index contributed by atoms with van der Waals surface area (Å²) >= 11 is 0. The predicted octanol–water partition coefficient (Wildman–Crippen LogP) is 1.69. The molecule has 1 radical (unpaired) electrons. The van der Waals surface area contributed by atoms with Crippen LogP contribution in [0.1, 0.15) is 26.7 Å². The van der Waals surface area contributed by atoms with E-state index < -0.39 is 0 Å². The Bertz CT molecular complexity index is 88.6. The van der Waals surface area contributed by atoms with E-state index >= 15 is 0 Å². The molecule has 1 heterocycles. The Kier molecular flexibility index (Phi) is 2.12. The maximum atomic E-state index is 4.07. The Labute approximate surface area is 58.0 Å². The van der Waals surface area contributed by atoms with Crippen molar-refractivity contribution in [2.45, 2.75) is 38.8 Å². The third-order valence-electron chi connectivity index (χ3n) is 2.09. The molecular formula is C8H16N. The minimum absolute atomic E-state index is 0.588. The third kappa shape index (κ3) is 1.45. The largest absolute Gasteiger partial charge is 0.298 e. The van der Waals surface area contributed by atoms with Crippen LogP contribution < -0.4 is 0 Å². The van der Waals surface area contributed by atoms with E-state index in [1.807, 2.05) is 0 Å². The molecule has 1 atom stereocenters. The zero-order valence-electron chi connectivity index (χ0n) is 6.43. The van der Waals surface area contributed by atoms with Crippen molar-refractivity contribution in [3.63, 3.8) is 0 Å². The zero-order chi connectivity index (χ0) is 6.85. The van der Waals surface area contributed by atoms with Crippen LogP contribution >= 0.6 is 0 Å². The van der Waals surface area contributed by atoms with Crippen LogP contribution in [0, 0.1) is 6.92 Å². The van der Waals surface area contributed by atoms with Crippen LogP contribution in [0.3, 0.4) is 0 Å². The first kappa shape index (κ1) is 7.07. The van der Waals surface area contributed by atoms with Gasteiger partial charge in [-0.05, 0) is 40.2 Å². The Hall–Kier alpha value is -0.0400. The van der Waals surface area contributed by atoms with Gasteiger partial charge in [-0.3, -0.25) is 4.90 Å². The predicted molar refractivity (Wildman–Crippen MR) is 40.2 cm³/mol. The number of likely N-dealkylation sites (tertiary alicyclic amines) is 1. The molecule has 1 aliphatic heterocycles. The average Bonchev–Trinajstić information content (AvgIpc) is 2.13. The maximum absolute atomic E-state index is 4.07. The quantitative estimate of drug-likeness (QED) is 0.517. The van der Waals surface area contributed by atoms with E-state index in [9.17, 15) is 0 Å². The fourth-order valence-corrected chi connectivity index (χ4v) is 1.54. The topological polar surface area (TPSA) is 3.24 Å². The minimum Gasteiger partial charge on any atom is -0.298 e. The average molecular weight is 126 g/mol. The lowest BCUT2D eigenvalue weighted by molar-refractivity contribution is 0.232. The van der Waals surface area contributed by atoms with Crippen LogP contribution in [-0.4, -0.2) is 23.5 Å². The van der Waals surface area contributed by atoms with Crippen molar-refractivity contribution in [1.29, 1.82) is 0 Å². The van der Waals surface area contributed by atoms with Crippen molar-refractivity contribution >= 4 is 0 Å². The summed E-state index contributed by atoms with van der Waals surface area (Å²) in [5.41, 5.74) is 0. The number of nitrogens with zero attached hydrogens (tertiary/aromatic N) is 1. The van der Waals surface area contributed by atoms with E-state index in [0.717, 1.165) is 0 Å². The summed E-state index contributed by atoms with van der Waals surface area (Å²) < 4.78 is 0. The van der Waals surface area contributed by atoms with Gasteiger partial charge >= 0.3 is 0 Å². The first-order chi connectivity index (χ1) is 4.22. The Balaban J connectivity index is 2.40. The molecular weight excluding hydrogens is 110 g/mol. The van der Waals surface area contributed by atoms with Crippen LogP contribution in [-0.2, 0) is 0 Å². The molecule has 9 heavy (non-hydrogen) atoms. The van der Waals surface area contributed by atoms with Crippen LogP contribution in [0.4, 0.5) is 0 Å². The molecule has 0 amide bonds.